The molecular weight excluding hydrogens is 550 g/mol. The summed E-state index contributed by atoms with van der Waals surface area (Å²) in [5, 5.41) is 14.7. The van der Waals surface area contributed by atoms with E-state index in [9.17, 15) is 5.11 Å². The van der Waals surface area contributed by atoms with Gasteiger partial charge in [0, 0.05) is 12.5 Å². The lowest BCUT2D eigenvalue weighted by Gasteiger charge is -2.37. The predicted molar refractivity (Wildman–Crippen MR) is 176 cm³/mol. The Balaban J connectivity index is 1.55. The lowest BCUT2D eigenvalue weighted by atomic mass is 9.97. The standard InChI is InChI=1S/C38H51NO5/c1-5-34(40)37(44-28(2)3)33(39-24-30-17-9-6-10-18-30)27-41-35-23-15-16-29(4)36(42-25-31-19-11-7-12-20-31)38(35)43-26-32-21-13-8-14-22-32/h6-22,28-29,33-40H,5,23-27H2,1-4H3/t29-,33-,34+,35?,36-,37-,38-/m0/s1. The number of aliphatic hydroxyl groups is 1. The van der Waals surface area contributed by atoms with Crippen molar-refractivity contribution in [3.8, 4) is 0 Å². The second kappa shape index (κ2) is 18.2. The first-order valence-electron chi connectivity index (χ1n) is 16.1. The Bertz CT molecular complexity index is 1210. The maximum absolute atomic E-state index is 11.1. The van der Waals surface area contributed by atoms with Crippen molar-refractivity contribution in [1.82, 2.24) is 5.32 Å². The summed E-state index contributed by atoms with van der Waals surface area (Å²) in [6, 6.07) is 30.5. The van der Waals surface area contributed by atoms with Crippen molar-refractivity contribution in [3.05, 3.63) is 120 Å². The van der Waals surface area contributed by atoms with E-state index in [0.29, 0.717) is 39.2 Å². The van der Waals surface area contributed by atoms with Crippen molar-refractivity contribution in [1.29, 1.82) is 0 Å². The van der Waals surface area contributed by atoms with Gasteiger partial charge in [-0.05, 0) is 43.4 Å². The molecule has 0 fully saturated rings. The molecule has 6 nitrogen and oxygen atoms in total. The molecule has 0 heterocycles. The van der Waals surface area contributed by atoms with Crippen molar-refractivity contribution in [3.63, 3.8) is 0 Å². The maximum Gasteiger partial charge on any atom is 0.111 e. The third-order valence-corrected chi connectivity index (χ3v) is 8.11. The van der Waals surface area contributed by atoms with Gasteiger partial charge in [-0.3, -0.25) is 0 Å². The number of hydrogen-bond acceptors (Lipinski definition) is 6. The number of nitrogens with one attached hydrogen (secondary N) is 1. The Kier molecular flexibility index (Phi) is 14.1. The van der Waals surface area contributed by atoms with Crippen molar-refractivity contribution in [2.45, 2.75) is 103 Å². The van der Waals surface area contributed by atoms with Crippen LogP contribution >= 0.6 is 0 Å². The summed E-state index contributed by atoms with van der Waals surface area (Å²) in [5.74, 6) is 0.138. The number of benzene rings is 3. The van der Waals surface area contributed by atoms with Crippen LogP contribution < -0.4 is 5.32 Å². The van der Waals surface area contributed by atoms with E-state index in [1.807, 2.05) is 75.4 Å². The normalized spacial score (nSPS) is 22.4. The lowest BCUT2D eigenvalue weighted by Crippen LogP contribution is -2.52. The van der Waals surface area contributed by atoms with E-state index in [0.717, 1.165) is 16.7 Å². The molecule has 0 spiro atoms. The van der Waals surface area contributed by atoms with E-state index in [1.165, 1.54) is 0 Å². The van der Waals surface area contributed by atoms with Gasteiger partial charge < -0.3 is 29.4 Å². The van der Waals surface area contributed by atoms with Crippen LogP contribution in [0.2, 0.25) is 0 Å². The minimum absolute atomic E-state index is 0.0402. The van der Waals surface area contributed by atoms with Gasteiger partial charge in [-0.25, -0.2) is 0 Å². The van der Waals surface area contributed by atoms with Gasteiger partial charge in [0.25, 0.3) is 0 Å². The maximum atomic E-state index is 11.1. The highest BCUT2D eigenvalue weighted by atomic mass is 16.6. The van der Waals surface area contributed by atoms with Gasteiger partial charge in [-0.2, -0.15) is 0 Å². The summed E-state index contributed by atoms with van der Waals surface area (Å²) < 4.78 is 26.4. The average Bonchev–Trinajstić information content (AvgIpc) is 3.20. The van der Waals surface area contributed by atoms with Crippen molar-refractivity contribution in [2.75, 3.05) is 6.61 Å². The zero-order chi connectivity index (χ0) is 31.1. The smallest absolute Gasteiger partial charge is 0.111 e. The molecule has 0 radical (unpaired) electrons. The van der Waals surface area contributed by atoms with Crippen LogP contribution in [0.1, 0.15) is 57.2 Å². The number of rotatable bonds is 17. The summed E-state index contributed by atoms with van der Waals surface area (Å²) in [5.41, 5.74) is 3.40. The van der Waals surface area contributed by atoms with Crippen molar-refractivity contribution < 1.29 is 24.1 Å². The highest BCUT2D eigenvalue weighted by molar-refractivity contribution is 5.16. The molecule has 2 N–H and O–H groups in total. The van der Waals surface area contributed by atoms with Crippen molar-refractivity contribution in [2.24, 2.45) is 5.92 Å². The number of ether oxygens (including phenoxy) is 4. The minimum atomic E-state index is -0.629. The summed E-state index contributed by atoms with van der Waals surface area (Å²) in [4.78, 5) is 0. The molecule has 6 heteroatoms. The Morgan fingerprint density at radius 3 is 1.86 bits per heavy atom. The molecule has 7 atom stereocenters. The molecule has 0 amide bonds. The third kappa shape index (κ3) is 10.7. The Labute approximate surface area is 264 Å². The zero-order valence-electron chi connectivity index (χ0n) is 26.8. The lowest BCUT2D eigenvalue weighted by molar-refractivity contribution is -0.163. The first kappa shape index (κ1) is 34.0. The van der Waals surface area contributed by atoms with Crippen LogP contribution in [0, 0.1) is 5.92 Å². The van der Waals surface area contributed by atoms with Gasteiger partial charge >= 0.3 is 0 Å². The van der Waals surface area contributed by atoms with Gasteiger partial charge in [0.2, 0.25) is 0 Å². The number of aliphatic hydroxyl groups excluding tert-OH is 1. The topological polar surface area (TPSA) is 69.2 Å². The molecule has 3 aromatic rings. The van der Waals surface area contributed by atoms with E-state index in [4.69, 9.17) is 18.9 Å². The second-order valence-corrected chi connectivity index (χ2v) is 12.0. The van der Waals surface area contributed by atoms with E-state index >= 15 is 0 Å². The fraction of sp³-hybridized carbons (Fsp3) is 0.474. The monoisotopic (exact) mass is 601 g/mol. The highest BCUT2D eigenvalue weighted by Crippen LogP contribution is 2.28. The first-order valence-corrected chi connectivity index (χ1v) is 16.1. The fourth-order valence-corrected chi connectivity index (χ4v) is 5.67. The van der Waals surface area contributed by atoms with E-state index in [-0.39, 0.29) is 36.4 Å². The van der Waals surface area contributed by atoms with Crippen LogP contribution in [-0.4, -0.2) is 54.4 Å². The molecule has 1 aliphatic rings. The van der Waals surface area contributed by atoms with E-state index in [2.05, 4.69) is 60.8 Å². The molecule has 4 rings (SSSR count). The number of hydrogen-bond donors (Lipinski definition) is 2. The molecule has 0 saturated carbocycles. The molecule has 0 saturated heterocycles. The van der Waals surface area contributed by atoms with Gasteiger partial charge in [0.15, 0.2) is 0 Å². The summed E-state index contributed by atoms with van der Waals surface area (Å²) in [6.45, 7) is 10.1. The molecule has 238 valence electrons. The minimum Gasteiger partial charge on any atom is -0.390 e. The first-order chi connectivity index (χ1) is 21.4. The molecule has 0 bridgehead atoms. The van der Waals surface area contributed by atoms with Gasteiger partial charge in [0.1, 0.15) is 12.2 Å². The van der Waals surface area contributed by atoms with Crippen LogP contribution in [-0.2, 0) is 38.7 Å². The van der Waals surface area contributed by atoms with Crippen LogP contribution in [0.5, 0.6) is 0 Å². The molecular formula is C38H51NO5. The van der Waals surface area contributed by atoms with Gasteiger partial charge in [-0.1, -0.05) is 117 Å². The van der Waals surface area contributed by atoms with E-state index < -0.39 is 12.2 Å². The second-order valence-electron chi connectivity index (χ2n) is 12.0. The Morgan fingerprint density at radius 2 is 1.32 bits per heavy atom. The quantitative estimate of drug-likeness (QED) is 0.165. The zero-order valence-corrected chi connectivity index (χ0v) is 26.8. The van der Waals surface area contributed by atoms with Crippen molar-refractivity contribution >= 4 is 0 Å². The average molecular weight is 602 g/mol. The van der Waals surface area contributed by atoms with Crippen LogP contribution in [0.4, 0.5) is 0 Å². The Hall–Kier alpha value is -2.84. The summed E-state index contributed by atoms with van der Waals surface area (Å²) in [6.07, 6.45) is 3.83. The van der Waals surface area contributed by atoms with Crippen LogP contribution in [0.25, 0.3) is 0 Å². The summed E-state index contributed by atoms with van der Waals surface area (Å²) >= 11 is 0. The fourth-order valence-electron chi connectivity index (χ4n) is 5.67. The summed E-state index contributed by atoms with van der Waals surface area (Å²) in [7, 11) is 0. The molecule has 1 aliphatic carbocycles. The molecule has 44 heavy (non-hydrogen) atoms. The predicted octanol–water partition coefficient (Wildman–Crippen LogP) is 6.86. The van der Waals surface area contributed by atoms with Gasteiger partial charge in [0.05, 0.1) is 50.3 Å². The molecule has 1 unspecified atom stereocenters. The molecule has 0 aromatic heterocycles. The molecule has 0 aliphatic heterocycles. The third-order valence-electron chi connectivity index (χ3n) is 8.11. The Morgan fingerprint density at radius 1 is 0.773 bits per heavy atom. The van der Waals surface area contributed by atoms with Crippen LogP contribution in [0.15, 0.2) is 103 Å². The largest absolute Gasteiger partial charge is 0.390 e. The SMILES string of the molecule is CC[C@@H](O)[C@@H](OC(C)C)[C@H](COC1CC=C[C@H](C)[C@H](OCc2ccccc2)[C@H]1OCc1ccccc1)NCc1ccccc1. The van der Waals surface area contributed by atoms with Crippen LogP contribution in [0.3, 0.4) is 0 Å². The van der Waals surface area contributed by atoms with E-state index in [1.54, 1.807) is 0 Å². The molecule has 3 aromatic carbocycles. The van der Waals surface area contributed by atoms with Gasteiger partial charge in [-0.15, -0.1) is 0 Å². The highest BCUT2D eigenvalue weighted by Gasteiger charge is 2.38.